The van der Waals surface area contributed by atoms with E-state index in [1.807, 2.05) is 67.3 Å². The number of aliphatic hydroxyl groups is 1. The predicted octanol–water partition coefficient (Wildman–Crippen LogP) is 6.67. The lowest BCUT2D eigenvalue weighted by atomic mass is 9.93. The second kappa shape index (κ2) is 17.2. The van der Waals surface area contributed by atoms with E-state index in [1.54, 1.807) is 41.0 Å². The number of aryl methyl sites for hydroxylation is 1. The van der Waals surface area contributed by atoms with Gasteiger partial charge in [-0.1, -0.05) is 63.1 Å². The van der Waals surface area contributed by atoms with Crippen molar-refractivity contribution in [1.29, 1.82) is 0 Å². The molecule has 5 rings (SSSR count). The molecule has 0 unspecified atom stereocenters. The molecule has 0 saturated heterocycles. The van der Waals surface area contributed by atoms with Gasteiger partial charge in [0.05, 0.1) is 37.1 Å². The zero-order valence-corrected chi connectivity index (χ0v) is 30.3. The highest BCUT2D eigenvalue weighted by molar-refractivity contribution is 6.00. The van der Waals surface area contributed by atoms with Gasteiger partial charge in [-0.2, -0.15) is 5.10 Å². The summed E-state index contributed by atoms with van der Waals surface area (Å²) in [6, 6.07) is 21.1. The van der Waals surface area contributed by atoms with Crippen LogP contribution in [-0.4, -0.2) is 75.4 Å². The fourth-order valence-electron chi connectivity index (χ4n) is 6.45. The Hall–Kier alpha value is -5.16. The molecule has 1 aliphatic heterocycles. The second-order valence-electron chi connectivity index (χ2n) is 13.1. The molecule has 0 bridgehead atoms. The van der Waals surface area contributed by atoms with Crippen molar-refractivity contribution >= 4 is 23.5 Å². The van der Waals surface area contributed by atoms with E-state index in [1.165, 1.54) is 0 Å². The van der Waals surface area contributed by atoms with Gasteiger partial charge in [-0.05, 0) is 86.2 Å². The Balaban J connectivity index is 1.48. The van der Waals surface area contributed by atoms with Crippen LogP contribution in [0.15, 0.2) is 72.8 Å². The van der Waals surface area contributed by atoms with E-state index in [0.29, 0.717) is 48.8 Å². The van der Waals surface area contributed by atoms with Crippen LogP contribution in [0.2, 0.25) is 0 Å². The van der Waals surface area contributed by atoms with Gasteiger partial charge in [-0.3, -0.25) is 9.59 Å². The number of urea groups is 1. The third-order valence-corrected chi connectivity index (χ3v) is 9.46. The van der Waals surface area contributed by atoms with E-state index in [0.717, 1.165) is 48.1 Å². The number of benzene rings is 3. The Labute approximate surface area is 300 Å². The number of fused-ring (bicyclic) bond motifs is 1. The lowest BCUT2D eigenvalue weighted by Crippen LogP contribution is -2.46. The molecule has 51 heavy (non-hydrogen) atoms. The zero-order valence-electron chi connectivity index (χ0n) is 30.3. The van der Waals surface area contributed by atoms with Crippen LogP contribution in [0.3, 0.4) is 0 Å². The van der Waals surface area contributed by atoms with Crippen molar-refractivity contribution in [2.24, 2.45) is 0 Å². The predicted molar refractivity (Wildman–Crippen MR) is 198 cm³/mol. The molecule has 0 fully saturated rings. The molecule has 3 N–H and O–H groups in total. The average molecular weight is 695 g/mol. The number of carbonyl (C=O) groups excluding carboxylic acids is 3. The van der Waals surface area contributed by atoms with Crippen LogP contribution in [0.5, 0.6) is 5.75 Å². The van der Waals surface area contributed by atoms with E-state index in [2.05, 4.69) is 24.5 Å². The van der Waals surface area contributed by atoms with E-state index in [-0.39, 0.29) is 30.0 Å². The Morgan fingerprint density at radius 3 is 2.31 bits per heavy atom. The molecule has 3 aromatic carbocycles. The molecule has 2 atom stereocenters. The topological polar surface area (TPSA) is 129 Å². The number of ether oxygens (including phenoxy) is 1. The summed E-state index contributed by atoms with van der Waals surface area (Å²) >= 11 is 0. The molecule has 2 heterocycles. The van der Waals surface area contributed by atoms with Crippen molar-refractivity contribution in [2.75, 3.05) is 32.1 Å². The zero-order chi connectivity index (χ0) is 36.5. The number of methoxy groups -OCH3 is 1. The summed E-state index contributed by atoms with van der Waals surface area (Å²) in [5.74, 6) is 0.271. The third-order valence-electron chi connectivity index (χ3n) is 9.46. The first kappa shape index (κ1) is 37.1. The largest absolute Gasteiger partial charge is 0.497 e. The standard InChI is InChI=1S/C40H50N6O5/c1-6-8-20-44(21-9-7-2)39(49)36-22-27(3)46(43-36)37-19-16-32(42-40(50)41-28(4)29-14-17-34(51-5)18-15-29)24-35(37)38(48)45-25-31-13-11-10-12-30(31)23-33(45)26-47/h10-19,22,24,28,33,47H,6-9,20-21,23,25-26H2,1-5H3,(H2,41,42,50)/t28-,33+/m1/s1. The number of aliphatic hydroxyl groups excluding tert-OH is 1. The molecule has 0 aliphatic carbocycles. The maximum atomic E-state index is 14.6. The van der Waals surface area contributed by atoms with Crippen molar-refractivity contribution in [3.63, 3.8) is 0 Å². The van der Waals surface area contributed by atoms with Crippen molar-refractivity contribution in [1.82, 2.24) is 24.9 Å². The number of nitrogens with zero attached hydrogens (tertiary/aromatic N) is 4. The number of nitrogens with one attached hydrogen (secondary N) is 2. The lowest BCUT2D eigenvalue weighted by Gasteiger charge is -2.36. The number of hydrogen-bond acceptors (Lipinski definition) is 6. The molecular formula is C40H50N6O5. The number of unbranched alkanes of at least 4 members (excludes halogenated alkanes) is 2. The van der Waals surface area contributed by atoms with Crippen LogP contribution in [0.25, 0.3) is 5.69 Å². The molecule has 11 heteroatoms. The van der Waals surface area contributed by atoms with Crippen LogP contribution >= 0.6 is 0 Å². The molecule has 11 nitrogen and oxygen atoms in total. The first-order valence-electron chi connectivity index (χ1n) is 17.9. The molecule has 1 aliphatic rings. The molecule has 4 aromatic rings. The molecule has 270 valence electrons. The van der Waals surface area contributed by atoms with Gasteiger partial charge in [0, 0.05) is 31.0 Å². The van der Waals surface area contributed by atoms with E-state index < -0.39 is 12.1 Å². The summed E-state index contributed by atoms with van der Waals surface area (Å²) in [4.78, 5) is 45.0. The van der Waals surface area contributed by atoms with Crippen molar-refractivity contribution in [3.05, 3.63) is 106 Å². The fourth-order valence-corrected chi connectivity index (χ4v) is 6.45. The lowest BCUT2D eigenvalue weighted by molar-refractivity contribution is 0.0544. The highest BCUT2D eigenvalue weighted by atomic mass is 16.5. The van der Waals surface area contributed by atoms with E-state index >= 15 is 0 Å². The summed E-state index contributed by atoms with van der Waals surface area (Å²) in [7, 11) is 1.60. The fraction of sp³-hybridized carbons (Fsp3) is 0.400. The number of rotatable bonds is 14. The minimum absolute atomic E-state index is 0.138. The molecule has 4 amide bonds. The first-order valence-corrected chi connectivity index (χ1v) is 17.9. The van der Waals surface area contributed by atoms with Crippen molar-refractivity contribution in [3.8, 4) is 11.4 Å². The molecule has 0 radical (unpaired) electrons. The van der Waals surface area contributed by atoms with Gasteiger partial charge in [0.25, 0.3) is 11.8 Å². The Kier molecular flexibility index (Phi) is 12.5. The molecule has 0 spiro atoms. The highest BCUT2D eigenvalue weighted by Crippen LogP contribution is 2.29. The molecular weight excluding hydrogens is 644 g/mol. The van der Waals surface area contributed by atoms with Gasteiger partial charge in [-0.25, -0.2) is 9.48 Å². The summed E-state index contributed by atoms with van der Waals surface area (Å²) < 4.78 is 6.87. The number of anilines is 1. The number of hydrogen-bond donors (Lipinski definition) is 3. The Morgan fingerprint density at radius 2 is 1.67 bits per heavy atom. The van der Waals surface area contributed by atoms with Crippen LogP contribution in [0.1, 0.15) is 95.7 Å². The number of aromatic nitrogens is 2. The number of carbonyl (C=O) groups is 3. The monoisotopic (exact) mass is 694 g/mol. The average Bonchev–Trinajstić information content (AvgIpc) is 3.54. The number of amides is 4. The van der Waals surface area contributed by atoms with Gasteiger partial charge in [0.2, 0.25) is 0 Å². The maximum absolute atomic E-state index is 14.6. The van der Waals surface area contributed by atoms with E-state index in [4.69, 9.17) is 9.84 Å². The maximum Gasteiger partial charge on any atom is 0.319 e. The summed E-state index contributed by atoms with van der Waals surface area (Å²) in [6.45, 7) is 9.37. The molecule has 0 saturated carbocycles. The third kappa shape index (κ3) is 8.78. The summed E-state index contributed by atoms with van der Waals surface area (Å²) in [5.41, 5.74) is 5.18. The van der Waals surface area contributed by atoms with Gasteiger partial charge < -0.3 is 30.3 Å². The second-order valence-corrected chi connectivity index (χ2v) is 13.1. The summed E-state index contributed by atoms with van der Waals surface area (Å²) in [5, 5.41) is 21.0. The highest BCUT2D eigenvalue weighted by Gasteiger charge is 2.32. The van der Waals surface area contributed by atoms with Crippen molar-refractivity contribution < 1.29 is 24.2 Å². The quantitative estimate of drug-likeness (QED) is 0.135. The summed E-state index contributed by atoms with van der Waals surface area (Å²) in [6.07, 6.45) is 4.27. The Bertz CT molecular complexity index is 1810. The van der Waals surface area contributed by atoms with Crippen molar-refractivity contribution in [2.45, 2.75) is 78.4 Å². The van der Waals surface area contributed by atoms with Crippen LogP contribution in [0, 0.1) is 6.92 Å². The van der Waals surface area contributed by atoms with Gasteiger partial charge in [0.1, 0.15) is 5.75 Å². The van der Waals surface area contributed by atoms with Crippen LogP contribution in [0.4, 0.5) is 10.5 Å². The van der Waals surface area contributed by atoms with Crippen LogP contribution in [-0.2, 0) is 13.0 Å². The minimum Gasteiger partial charge on any atom is -0.497 e. The normalized spacial score (nSPS) is 14.4. The van der Waals surface area contributed by atoms with Gasteiger partial charge in [0.15, 0.2) is 5.69 Å². The first-order chi connectivity index (χ1) is 24.7. The minimum atomic E-state index is -0.438. The SMILES string of the molecule is CCCCN(CCCC)C(=O)c1cc(C)n(-c2ccc(NC(=O)N[C@H](C)c3ccc(OC)cc3)cc2C(=O)N2Cc3ccccc3C[C@H]2CO)n1. The Morgan fingerprint density at radius 1 is 0.980 bits per heavy atom. The van der Waals surface area contributed by atoms with Gasteiger partial charge in [-0.15, -0.1) is 0 Å². The van der Waals surface area contributed by atoms with E-state index in [9.17, 15) is 19.5 Å². The van der Waals surface area contributed by atoms with Crippen LogP contribution < -0.4 is 15.4 Å². The molecule has 1 aromatic heterocycles. The smallest absolute Gasteiger partial charge is 0.319 e. The van der Waals surface area contributed by atoms with Gasteiger partial charge >= 0.3 is 6.03 Å².